The molecular weight excluding hydrogens is 246 g/mol. The molecule has 4 nitrogen and oxygen atoms in total. The van der Waals surface area contributed by atoms with Gasteiger partial charge < -0.3 is 10.2 Å². The average Bonchev–Trinajstić information content (AvgIpc) is 2.74. The van der Waals surface area contributed by atoms with E-state index < -0.39 is 0 Å². The number of thiazole rings is 1. The van der Waals surface area contributed by atoms with Crippen molar-refractivity contribution in [3.8, 4) is 0 Å². The fraction of sp³-hybridized carbons (Fsp3) is 0.692. The maximum absolute atomic E-state index is 11.8. The highest BCUT2D eigenvalue weighted by molar-refractivity contribution is 7.09. The summed E-state index contributed by atoms with van der Waals surface area (Å²) in [5, 5.41) is 6.01. The number of amides is 1. The Labute approximate surface area is 113 Å². The third-order valence-corrected chi connectivity index (χ3v) is 4.08. The second kappa shape index (κ2) is 6.85. The van der Waals surface area contributed by atoms with Crippen molar-refractivity contribution in [3.63, 3.8) is 0 Å². The Morgan fingerprint density at radius 2 is 2.11 bits per heavy atom. The number of nitrogens with zero attached hydrogens (tertiary/aromatic N) is 2. The Hall–Kier alpha value is -0.940. The molecule has 1 atom stereocenters. The summed E-state index contributed by atoms with van der Waals surface area (Å²) in [6.07, 6.45) is 0.378. The molecule has 0 aromatic carbocycles. The van der Waals surface area contributed by atoms with E-state index in [1.165, 1.54) is 0 Å². The summed E-state index contributed by atoms with van der Waals surface area (Å²) in [7, 11) is 4.01. The molecule has 0 aliphatic carbocycles. The van der Waals surface area contributed by atoms with Gasteiger partial charge in [0, 0.05) is 23.9 Å². The van der Waals surface area contributed by atoms with Crippen LogP contribution in [0.5, 0.6) is 0 Å². The Balaban J connectivity index is 2.40. The Bertz CT molecular complexity index is 387. The van der Waals surface area contributed by atoms with Crippen LogP contribution in [0.4, 0.5) is 0 Å². The molecule has 5 heteroatoms. The Morgan fingerprint density at radius 3 is 2.61 bits per heavy atom. The highest BCUT2D eigenvalue weighted by Gasteiger charge is 2.11. The molecule has 0 spiro atoms. The minimum absolute atomic E-state index is 0.0457. The largest absolute Gasteiger partial charge is 0.354 e. The van der Waals surface area contributed by atoms with Crippen LogP contribution in [0.1, 0.15) is 37.4 Å². The molecule has 0 unspecified atom stereocenters. The van der Waals surface area contributed by atoms with Crippen molar-refractivity contribution < 1.29 is 4.79 Å². The van der Waals surface area contributed by atoms with Gasteiger partial charge >= 0.3 is 0 Å². The van der Waals surface area contributed by atoms with Gasteiger partial charge in [0.1, 0.15) is 0 Å². The molecule has 1 aromatic rings. The molecule has 0 saturated heterocycles. The molecule has 0 aliphatic heterocycles. The number of hydrogen-bond acceptors (Lipinski definition) is 4. The number of aromatic nitrogens is 1. The second-order valence-electron chi connectivity index (χ2n) is 5.13. The van der Waals surface area contributed by atoms with E-state index in [0.29, 0.717) is 24.9 Å². The fourth-order valence-electron chi connectivity index (χ4n) is 1.34. The standard InChI is InChI=1S/C13H23N3OS/c1-9(2)13-15-11(8-18-13)6-12(17)14-7-10(3)16(4)5/h8-10H,6-7H2,1-5H3,(H,14,17)/t10-/m0/s1. The van der Waals surface area contributed by atoms with E-state index in [-0.39, 0.29) is 5.91 Å². The van der Waals surface area contributed by atoms with E-state index in [4.69, 9.17) is 0 Å². The number of hydrogen-bond donors (Lipinski definition) is 1. The van der Waals surface area contributed by atoms with Gasteiger partial charge in [-0.15, -0.1) is 11.3 Å². The molecule has 0 saturated carbocycles. The summed E-state index contributed by atoms with van der Waals surface area (Å²) < 4.78 is 0. The van der Waals surface area contributed by atoms with Crippen LogP contribution in [0.3, 0.4) is 0 Å². The quantitative estimate of drug-likeness (QED) is 0.857. The number of carbonyl (C=O) groups is 1. The van der Waals surface area contributed by atoms with E-state index in [1.54, 1.807) is 11.3 Å². The van der Waals surface area contributed by atoms with Crippen LogP contribution < -0.4 is 5.32 Å². The monoisotopic (exact) mass is 269 g/mol. The SMILES string of the molecule is CC(C)c1nc(CC(=O)NC[C@H](C)N(C)C)cs1. The summed E-state index contributed by atoms with van der Waals surface area (Å²) in [4.78, 5) is 18.3. The lowest BCUT2D eigenvalue weighted by Gasteiger charge is -2.19. The van der Waals surface area contributed by atoms with Crippen LogP contribution in [0, 0.1) is 0 Å². The molecule has 0 aliphatic rings. The zero-order valence-corrected chi connectivity index (χ0v) is 12.7. The molecular formula is C13H23N3OS. The van der Waals surface area contributed by atoms with Crippen molar-refractivity contribution in [2.75, 3.05) is 20.6 Å². The van der Waals surface area contributed by atoms with Gasteiger partial charge in [-0.05, 0) is 21.0 Å². The van der Waals surface area contributed by atoms with Gasteiger partial charge in [0.05, 0.1) is 17.1 Å². The van der Waals surface area contributed by atoms with Gasteiger partial charge in [-0.2, -0.15) is 0 Å². The van der Waals surface area contributed by atoms with Gasteiger partial charge in [0.15, 0.2) is 0 Å². The van der Waals surface area contributed by atoms with Crippen LogP contribution >= 0.6 is 11.3 Å². The van der Waals surface area contributed by atoms with Crippen LogP contribution in [0.25, 0.3) is 0 Å². The lowest BCUT2D eigenvalue weighted by molar-refractivity contribution is -0.120. The van der Waals surface area contributed by atoms with Gasteiger partial charge in [0.2, 0.25) is 5.91 Å². The minimum Gasteiger partial charge on any atom is -0.354 e. The molecule has 1 rings (SSSR count). The molecule has 0 radical (unpaired) electrons. The van der Waals surface area contributed by atoms with Crippen LogP contribution in [0.2, 0.25) is 0 Å². The topological polar surface area (TPSA) is 45.2 Å². The zero-order chi connectivity index (χ0) is 13.7. The predicted molar refractivity (Wildman–Crippen MR) is 76.1 cm³/mol. The van der Waals surface area contributed by atoms with Gasteiger partial charge in [-0.25, -0.2) is 4.98 Å². The van der Waals surface area contributed by atoms with E-state index in [0.717, 1.165) is 10.7 Å². The van der Waals surface area contributed by atoms with Crippen molar-refractivity contribution >= 4 is 17.2 Å². The van der Waals surface area contributed by atoms with E-state index >= 15 is 0 Å². The predicted octanol–water partition coefficient (Wildman–Crippen LogP) is 1.88. The first-order valence-electron chi connectivity index (χ1n) is 6.27. The number of rotatable bonds is 6. The molecule has 18 heavy (non-hydrogen) atoms. The van der Waals surface area contributed by atoms with Crippen LogP contribution in [-0.4, -0.2) is 42.5 Å². The third kappa shape index (κ3) is 4.74. The molecule has 102 valence electrons. The maximum atomic E-state index is 11.8. The summed E-state index contributed by atoms with van der Waals surface area (Å²) >= 11 is 1.63. The van der Waals surface area contributed by atoms with Crippen molar-refractivity contribution in [2.45, 2.75) is 39.2 Å². The average molecular weight is 269 g/mol. The summed E-state index contributed by atoms with van der Waals surface area (Å²) in [6.45, 7) is 6.98. The van der Waals surface area contributed by atoms with Gasteiger partial charge in [-0.3, -0.25) is 4.79 Å². The highest BCUT2D eigenvalue weighted by atomic mass is 32.1. The second-order valence-corrected chi connectivity index (χ2v) is 6.01. The van der Waals surface area contributed by atoms with E-state index in [2.05, 4.69) is 36.0 Å². The Morgan fingerprint density at radius 1 is 1.44 bits per heavy atom. The smallest absolute Gasteiger partial charge is 0.226 e. The van der Waals surface area contributed by atoms with Crippen molar-refractivity contribution in [2.24, 2.45) is 0 Å². The molecule has 1 N–H and O–H groups in total. The molecule has 1 aromatic heterocycles. The van der Waals surface area contributed by atoms with Gasteiger partial charge in [-0.1, -0.05) is 13.8 Å². The van der Waals surface area contributed by atoms with Gasteiger partial charge in [0.25, 0.3) is 0 Å². The van der Waals surface area contributed by atoms with Crippen LogP contribution in [0.15, 0.2) is 5.38 Å². The zero-order valence-electron chi connectivity index (χ0n) is 11.9. The third-order valence-electron chi connectivity index (χ3n) is 2.88. The fourth-order valence-corrected chi connectivity index (χ4v) is 2.18. The molecule has 1 amide bonds. The lowest BCUT2D eigenvalue weighted by atomic mass is 10.2. The summed E-state index contributed by atoms with van der Waals surface area (Å²) in [5.74, 6) is 0.477. The Kier molecular flexibility index (Phi) is 5.75. The molecule has 1 heterocycles. The minimum atomic E-state index is 0.0457. The first kappa shape index (κ1) is 15.1. The summed E-state index contributed by atoms with van der Waals surface area (Å²) in [6, 6.07) is 0.343. The normalized spacial score (nSPS) is 13.1. The van der Waals surface area contributed by atoms with Crippen molar-refractivity contribution in [3.05, 3.63) is 16.1 Å². The van der Waals surface area contributed by atoms with Crippen molar-refractivity contribution in [1.29, 1.82) is 0 Å². The lowest BCUT2D eigenvalue weighted by Crippen LogP contribution is -2.38. The first-order chi connectivity index (χ1) is 8.40. The summed E-state index contributed by atoms with van der Waals surface area (Å²) in [5.41, 5.74) is 0.874. The van der Waals surface area contributed by atoms with Crippen molar-refractivity contribution in [1.82, 2.24) is 15.2 Å². The van der Waals surface area contributed by atoms with E-state index in [9.17, 15) is 4.79 Å². The molecule has 0 fully saturated rings. The first-order valence-corrected chi connectivity index (χ1v) is 7.15. The van der Waals surface area contributed by atoms with E-state index in [1.807, 2.05) is 19.5 Å². The number of likely N-dealkylation sites (N-methyl/N-ethyl adjacent to an activating group) is 1. The highest BCUT2D eigenvalue weighted by Crippen LogP contribution is 2.19. The maximum Gasteiger partial charge on any atom is 0.226 e. The molecule has 0 bridgehead atoms. The van der Waals surface area contributed by atoms with Crippen LogP contribution in [-0.2, 0) is 11.2 Å². The number of nitrogens with one attached hydrogen (secondary N) is 1. The number of carbonyl (C=O) groups excluding carboxylic acids is 1.